The maximum Gasteiger partial charge on any atom is 0.232 e. The van der Waals surface area contributed by atoms with Gasteiger partial charge < -0.3 is 10.1 Å². The molecule has 3 heterocycles. The van der Waals surface area contributed by atoms with Gasteiger partial charge in [-0.05, 0) is 18.2 Å². The Labute approximate surface area is 159 Å². The van der Waals surface area contributed by atoms with Crippen LogP contribution in [0.4, 0.5) is 5.13 Å². The monoisotopic (exact) mass is 386 g/mol. The van der Waals surface area contributed by atoms with Gasteiger partial charge in [0.1, 0.15) is 17.2 Å². The predicted octanol–water partition coefficient (Wildman–Crippen LogP) is 4.49. The van der Waals surface area contributed by atoms with Gasteiger partial charge in [-0.3, -0.25) is 4.79 Å². The van der Waals surface area contributed by atoms with Gasteiger partial charge in [-0.25, -0.2) is 9.97 Å². The lowest BCUT2D eigenvalue weighted by Crippen LogP contribution is -2.38. The van der Waals surface area contributed by atoms with E-state index in [4.69, 9.17) is 16.3 Å². The Morgan fingerprint density at radius 2 is 2.04 bits per heavy atom. The molecule has 1 amide bonds. The van der Waals surface area contributed by atoms with Gasteiger partial charge in [-0.2, -0.15) is 4.37 Å². The Morgan fingerprint density at radius 3 is 2.81 bits per heavy atom. The Kier molecular flexibility index (Phi) is 4.13. The minimum absolute atomic E-state index is 0.156. The van der Waals surface area contributed by atoms with Crippen LogP contribution in [0.1, 0.15) is 30.9 Å². The number of carbonyl (C=O) groups excluding carboxylic acids is 1. The van der Waals surface area contributed by atoms with E-state index in [2.05, 4.69) is 19.7 Å². The van der Waals surface area contributed by atoms with E-state index < -0.39 is 5.41 Å². The minimum atomic E-state index is -0.796. The molecule has 0 saturated heterocycles. The molecule has 1 aliphatic heterocycles. The van der Waals surface area contributed by atoms with Crippen molar-refractivity contribution < 1.29 is 9.53 Å². The number of anilines is 1. The van der Waals surface area contributed by atoms with Crippen LogP contribution in [-0.4, -0.2) is 20.2 Å². The number of hydrogen-bond donors (Lipinski definition) is 1. The first-order valence-electron chi connectivity index (χ1n) is 7.98. The number of benzene rings is 1. The molecule has 0 spiro atoms. The molecule has 1 N–H and O–H groups in total. The molecule has 2 aromatic heterocycles. The quantitative estimate of drug-likeness (QED) is 0.671. The zero-order valence-electron chi connectivity index (χ0n) is 14.1. The lowest BCUT2D eigenvalue weighted by molar-refractivity contribution is -0.124. The summed E-state index contributed by atoms with van der Waals surface area (Å²) >= 11 is 7.18. The van der Waals surface area contributed by atoms with E-state index in [1.807, 2.05) is 44.2 Å². The van der Waals surface area contributed by atoms with Crippen molar-refractivity contribution in [2.45, 2.75) is 19.8 Å². The fourth-order valence-corrected chi connectivity index (χ4v) is 3.78. The third-order valence-corrected chi connectivity index (χ3v) is 5.28. The summed E-state index contributed by atoms with van der Waals surface area (Å²) in [5, 5.41) is 3.67. The highest BCUT2D eigenvalue weighted by Gasteiger charge is 2.44. The third-order valence-electron chi connectivity index (χ3n) is 4.49. The molecular weight excluding hydrogens is 372 g/mol. The highest BCUT2D eigenvalue weighted by Crippen LogP contribution is 2.51. The molecule has 6 nitrogen and oxygen atoms in total. The zero-order chi connectivity index (χ0) is 18.3. The largest absolute Gasteiger partial charge is 0.438 e. The van der Waals surface area contributed by atoms with Crippen molar-refractivity contribution in [1.82, 2.24) is 14.3 Å². The van der Waals surface area contributed by atoms with Crippen LogP contribution in [0.2, 0.25) is 5.15 Å². The van der Waals surface area contributed by atoms with E-state index in [0.717, 1.165) is 22.7 Å². The van der Waals surface area contributed by atoms with Crippen LogP contribution in [0.15, 0.2) is 42.7 Å². The summed E-state index contributed by atoms with van der Waals surface area (Å²) < 4.78 is 9.84. The van der Waals surface area contributed by atoms with Crippen molar-refractivity contribution in [3.8, 4) is 11.6 Å². The number of fused-ring (bicyclic) bond motifs is 2. The van der Waals surface area contributed by atoms with Gasteiger partial charge >= 0.3 is 0 Å². The maximum atomic E-state index is 13.1. The van der Waals surface area contributed by atoms with Crippen molar-refractivity contribution >= 4 is 34.2 Å². The maximum absolute atomic E-state index is 13.1. The number of amides is 1. The number of nitrogens with one attached hydrogen (secondary N) is 1. The van der Waals surface area contributed by atoms with Gasteiger partial charge in [-0.15, -0.1) is 0 Å². The van der Waals surface area contributed by atoms with Crippen LogP contribution in [0.5, 0.6) is 11.6 Å². The van der Waals surface area contributed by atoms with Crippen molar-refractivity contribution in [2.24, 2.45) is 5.41 Å². The first kappa shape index (κ1) is 16.9. The van der Waals surface area contributed by atoms with Crippen LogP contribution in [-0.2, 0) is 4.79 Å². The fraction of sp³-hybridized carbons (Fsp3) is 0.222. The van der Waals surface area contributed by atoms with Gasteiger partial charge in [-0.1, -0.05) is 43.6 Å². The van der Waals surface area contributed by atoms with Crippen LogP contribution < -0.4 is 10.1 Å². The average molecular weight is 387 g/mol. The van der Waals surface area contributed by atoms with E-state index in [0.29, 0.717) is 21.9 Å². The SMILES string of the molecule is CC(C)(C(=O)Nc1ncns1)[C@H]1c2ccccc2Oc2nc(Cl)ccc21. The molecule has 132 valence electrons. The van der Waals surface area contributed by atoms with E-state index in [9.17, 15) is 4.79 Å². The molecule has 1 aromatic carbocycles. The number of para-hydroxylation sites is 1. The van der Waals surface area contributed by atoms with Crippen molar-refractivity contribution in [2.75, 3.05) is 5.32 Å². The number of rotatable bonds is 3. The first-order chi connectivity index (χ1) is 12.5. The highest BCUT2D eigenvalue weighted by atomic mass is 35.5. The number of carbonyl (C=O) groups is 1. The summed E-state index contributed by atoms with van der Waals surface area (Å²) in [6.07, 6.45) is 1.41. The predicted molar refractivity (Wildman–Crippen MR) is 99.9 cm³/mol. The summed E-state index contributed by atoms with van der Waals surface area (Å²) in [6, 6.07) is 11.2. The first-order valence-corrected chi connectivity index (χ1v) is 9.13. The molecule has 4 rings (SSSR count). The van der Waals surface area contributed by atoms with Crippen LogP contribution in [0, 0.1) is 5.41 Å². The Hall–Kier alpha value is -2.51. The van der Waals surface area contributed by atoms with Gasteiger partial charge in [0.15, 0.2) is 0 Å². The summed E-state index contributed by atoms with van der Waals surface area (Å²) in [7, 11) is 0. The number of ether oxygens (including phenoxy) is 1. The van der Waals surface area contributed by atoms with Gasteiger partial charge in [0.25, 0.3) is 0 Å². The molecule has 26 heavy (non-hydrogen) atoms. The number of nitrogens with zero attached hydrogens (tertiary/aromatic N) is 3. The normalized spacial score (nSPS) is 15.6. The molecule has 3 aromatic rings. The van der Waals surface area contributed by atoms with Crippen molar-refractivity contribution in [3.63, 3.8) is 0 Å². The fourth-order valence-electron chi connectivity index (χ4n) is 3.21. The van der Waals surface area contributed by atoms with E-state index >= 15 is 0 Å². The Morgan fingerprint density at radius 1 is 1.23 bits per heavy atom. The smallest absolute Gasteiger partial charge is 0.232 e. The zero-order valence-corrected chi connectivity index (χ0v) is 15.6. The molecule has 0 saturated carbocycles. The number of hydrogen-bond acceptors (Lipinski definition) is 6. The van der Waals surface area contributed by atoms with E-state index in [1.54, 1.807) is 6.07 Å². The molecule has 0 radical (unpaired) electrons. The van der Waals surface area contributed by atoms with Crippen molar-refractivity contribution in [1.29, 1.82) is 0 Å². The second-order valence-corrected chi connectivity index (χ2v) is 7.69. The third kappa shape index (κ3) is 2.83. The van der Waals surface area contributed by atoms with Crippen LogP contribution >= 0.6 is 23.1 Å². The number of pyridine rings is 1. The molecular formula is C18H15ClN4O2S. The highest BCUT2D eigenvalue weighted by molar-refractivity contribution is 7.09. The molecule has 0 bridgehead atoms. The van der Waals surface area contributed by atoms with Crippen LogP contribution in [0.25, 0.3) is 0 Å². The van der Waals surface area contributed by atoms with Gasteiger partial charge in [0, 0.05) is 28.6 Å². The topological polar surface area (TPSA) is 77.0 Å². The summed E-state index contributed by atoms with van der Waals surface area (Å²) in [4.78, 5) is 21.4. The standard InChI is InChI=1S/C18H15ClN4O2S/c1-18(2,16(24)23-17-20-9-21-26-17)14-10-5-3-4-6-12(10)25-15-11(14)7-8-13(19)22-15/h3-9,14H,1-2H3,(H,20,21,23,24)/t14-/m0/s1. The van der Waals surface area contributed by atoms with E-state index in [-0.39, 0.29) is 11.8 Å². The molecule has 8 heteroatoms. The molecule has 1 aliphatic rings. The Bertz CT molecular complexity index is 975. The summed E-state index contributed by atoms with van der Waals surface area (Å²) in [5.74, 6) is 0.700. The summed E-state index contributed by atoms with van der Waals surface area (Å²) in [6.45, 7) is 3.79. The second kappa shape index (κ2) is 6.34. The summed E-state index contributed by atoms with van der Waals surface area (Å²) in [5.41, 5.74) is 0.961. The molecule has 0 aliphatic carbocycles. The van der Waals surface area contributed by atoms with Crippen molar-refractivity contribution in [3.05, 3.63) is 59.0 Å². The lowest BCUT2D eigenvalue weighted by atomic mass is 9.70. The minimum Gasteiger partial charge on any atom is -0.438 e. The molecule has 0 unspecified atom stereocenters. The second-order valence-electron chi connectivity index (χ2n) is 6.52. The number of halogens is 1. The average Bonchev–Trinajstić information content (AvgIpc) is 3.12. The van der Waals surface area contributed by atoms with Crippen LogP contribution in [0.3, 0.4) is 0 Å². The van der Waals surface area contributed by atoms with E-state index in [1.165, 1.54) is 6.33 Å². The lowest BCUT2D eigenvalue weighted by Gasteiger charge is -2.37. The van der Waals surface area contributed by atoms with Gasteiger partial charge in [0.05, 0.1) is 5.41 Å². The molecule has 1 atom stereocenters. The molecule has 0 fully saturated rings. The Balaban J connectivity index is 1.80. The van der Waals surface area contributed by atoms with Gasteiger partial charge in [0.2, 0.25) is 16.9 Å². The number of aromatic nitrogens is 3.